The van der Waals surface area contributed by atoms with Crippen LogP contribution in [0.15, 0.2) is 60.9 Å². The maximum Gasteiger partial charge on any atom is 0.240 e. The van der Waals surface area contributed by atoms with E-state index in [-0.39, 0.29) is 73.2 Å². The van der Waals surface area contributed by atoms with Crippen LogP contribution in [0.25, 0.3) is 26.7 Å². The van der Waals surface area contributed by atoms with Gasteiger partial charge < -0.3 is 28.5 Å². The van der Waals surface area contributed by atoms with Gasteiger partial charge in [-0.25, -0.2) is 14.6 Å². The Morgan fingerprint density at radius 2 is 1.08 bits per heavy atom. The number of imide groups is 2. The fourth-order valence-electron chi connectivity index (χ4n) is 12.4. The minimum absolute atomic E-state index is 0. The van der Waals surface area contributed by atoms with E-state index in [1.807, 2.05) is 13.8 Å². The predicted octanol–water partition coefficient (Wildman–Crippen LogP) is 10.3. The van der Waals surface area contributed by atoms with Crippen molar-refractivity contribution in [1.82, 2.24) is 9.97 Å². The third kappa shape index (κ3) is 8.31. The number of aliphatic hydroxyl groups excluding tert-OH is 2. The zero-order chi connectivity index (χ0) is 54.3. The van der Waals surface area contributed by atoms with Gasteiger partial charge in [0.05, 0.1) is 81.6 Å². The number of anilines is 2. The van der Waals surface area contributed by atoms with E-state index in [0.717, 1.165) is 0 Å². The number of hydrogen-bond donors (Lipinski definition) is 2. The number of ether oxygens (including phenoxy) is 2. The number of fused-ring (bicyclic) bond motifs is 12. The maximum absolute atomic E-state index is 14.1. The second-order valence-electron chi connectivity index (χ2n) is 25.1. The normalized spacial score (nSPS) is 31.3. The Bertz CT molecular complexity index is 2900. The molecule has 6 saturated heterocycles. The van der Waals surface area contributed by atoms with Crippen molar-refractivity contribution in [3.8, 4) is 6.07 Å². The highest BCUT2D eigenvalue weighted by molar-refractivity contribution is 6.74. The van der Waals surface area contributed by atoms with Gasteiger partial charge in [-0.15, -0.1) is 0 Å². The first kappa shape index (κ1) is 58.4. The summed E-state index contributed by atoms with van der Waals surface area (Å²) in [6, 6.07) is 15.6. The number of hydrogen-bond acceptors (Lipinski definition) is 13. The first-order valence-corrected chi connectivity index (χ1v) is 31.5. The summed E-state index contributed by atoms with van der Waals surface area (Å²) in [5, 5.41) is 32.9. The molecule has 6 aliphatic rings. The first-order valence-electron chi connectivity index (χ1n) is 25.7. The van der Waals surface area contributed by atoms with Crippen molar-refractivity contribution in [1.29, 1.82) is 5.26 Å². The van der Waals surface area contributed by atoms with Crippen LogP contribution in [0.2, 0.25) is 36.3 Å². The van der Waals surface area contributed by atoms with Crippen LogP contribution in [0.5, 0.6) is 0 Å². The molecule has 2 aromatic carbocycles. The van der Waals surface area contributed by atoms with Crippen molar-refractivity contribution >= 4 is 79.1 Å². The van der Waals surface area contributed by atoms with Gasteiger partial charge in [0, 0.05) is 61.1 Å². The molecule has 6 aliphatic heterocycles. The smallest absolute Gasteiger partial charge is 0.240 e. The molecule has 76 heavy (non-hydrogen) atoms. The van der Waals surface area contributed by atoms with E-state index >= 15 is 0 Å². The average Bonchev–Trinajstić information content (AvgIpc) is 4.11. The molecule has 4 bridgehead atoms. The van der Waals surface area contributed by atoms with Crippen LogP contribution < -0.4 is 9.80 Å². The lowest BCUT2D eigenvalue weighted by molar-refractivity contribution is -0.139. The van der Waals surface area contributed by atoms with Crippen molar-refractivity contribution in [2.75, 3.05) is 23.0 Å². The number of carbonyl (C=O) groups is 4. The SMILES string of the molecule is C.C.CC(CO[Si](C)(C)C(C)(C)C)C12C[C@H](O)C(C)(O1)[C@@H]1C(=O)N(c3ccc(C#N)c4ncccc34)C(=O)[C@@H]12.[C-]#[N+]c1ccc(N2C(=O)[C@@H]3[C@H](C2=O)C2(C)OC3(C(C)CO[Si](C)(C)C(C)(C)C)C[C@H]2O)c2cccnc12. The molecular weight excluding hydrogens is 997 g/mol. The molecule has 408 valence electrons. The fraction of sp³-hybridized carbons (Fsp3) is 0.586. The van der Waals surface area contributed by atoms with Crippen LogP contribution in [0.3, 0.4) is 0 Å². The van der Waals surface area contributed by atoms with Gasteiger partial charge in [-0.05, 0) is 86.5 Å². The number of aliphatic hydroxyl groups is 2. The largest absolute Gasteiger partial charge is 0.416 e. The van der Waals surface area contributed by atoms with E-state index in [0.29, 0.717) is 57.6 Å². The summed E-state index contributed by atoms with van der Waals surface area (Å²) >= 11 is 0. The molecule has 8 heterocycles. The highest BCUT2D eigenvalue weighted by Crippen LogP contribution is 2.65. The molecule has 2 aromatic heterocycles. The molecule has 12 atom stereocenters. The Morgan fingerprint density at radius 3 is 1.47 bits per heavy atom. The topological polar surface area (TPSA) is 206 Å². The van der Waals surface area contributed by atoms with Gasteiger partial charge in [-0.3, -0.25) is 29.1 Å². The van der Waals surface area contributed by atoms with Crippen LogP contribution in [0, 0.1) is 53.4 Å². The number of benzene rings is 2. The second-order valence-corrected chi connectivity index (χ2v) is 34.7. The van der Waals surface area contributed by atoms with E-state index < -0.39 is 74.9 Å². The van der Waals surface area contributed by atoms with Crippen molar-refractivity contribution in [2.24, 2.45) is 35.5 Å². The molecule has 6 fully saturated rings. The molecule has 2 N–H and O–H groups in total. The second kappa shape index (κ2) is 19.3. The fourth-order valence-corrected chi connectivity index (χ4v) is 14.6. The van der Waals surface area contributed by atoms with Crippen LogP contribution in [-0.2, 0) is 37.5 Å². The highest BCUT2D eigenvalue weighted by Gasteiger charge is 2.80. The van der Waals surface area contributed by atoms with Crippen molar-refractivity contribution < 1.29 is 47.7 Å². The van der Waals surface area contributed by atoms with E-state index in [1.165, 1.54) is 9.80 Å². The highest BCUT2D eigenvalue weighted by atomic mass is 28.4. The maximum atomic E-state index is 14.1. The molecular formula is C58H78N6O10Si2. The van der Waals surface area contributed by atoms with Gasteiger partial charge in [0.1, 0.15) is 17.3 Å². The molecule has 10 rings (SSSR count). The Morgan fingerprint density at radius 1 is 0.697 bits per heavy atom. The third-order valence-electron chi connectivity index (χ3n) is 18.9. The van der Waals surface area contributed by atoms with Gasteiger partial charge in [-0.1, -0.05) is 82.4 Å². The third-order valence-corrected chi connectivity index (χ3v) is 27.9. The summed E-state index contributed by atoms with van der Waals surface area (Å²) in [7, 11) is -4.14. The van der Waals surface area contributed by atoms with E-state index in [9.17, 15) is 34.7 Å². The monoisotopic (exact) mass is 1070 g/mol. The van der Waals surface area contributed by atoms with Gasteiger partial charge >= 0.3 is 0 Å². The summed E-state index contributed by atoms with van der Waals surface area (Å²) in [4.78, 5) is 70.9. The molecule has 18 heteroatoms. The number of amides is 4. The van der Waals surface area contributed by atoms with Crippen LogP contribution in [0.1, 0.15) is 102 Å². The minimum atomic E-state index is -2.07. The van der Waals surface area contributed by atoms with E-state index in [1.54, 1.807) is 74.8 Å². The molecule has 0 aliphatic carbocycles. The summed E-state index contributed by atoms with van der Waals surface area (Å²) in [6.07, 6.45) is 1.98. The number of carbonyl (C=O) groups excluding carboxylic acids is 4. The van der Waals surface area contributed by atoms with Crippen molar-refractivity contribution in [3.63, 3.8) is 0 Å². The number of rotatable bonds is 10. The Kier molecular flexibility index (Phi) is 14.8. The molecule has 0 spiro atoms. The summed E-state index contributed by atoms with van der Waals surface area (Å²) in [5.41, 5.74) is -1.91. The van der Waals surface area contributed by atoms with Gasteiger partial charge in [0.25, 0.3) is 0 Å². The molecule has 0 radical (unpaired) electrons. The average molecular weight is 1080 g/mol. The molecule has 0 saturated carbocycles. The Hall–Kier alpha value is -5.29. The lowest BCUT2D eigenvalue weighted by Crippen LogP contribution is -2.52. The first-order chi connectivity index (χ1) is 34.4. The van der Waals surface area contributed by atoms with Crippen LogP contribution >= 0.6 is 0 Å². The Balaban J connectivity index is 0.000000216. The van der Waals surface area contributed by atoms with Gasteiger partial charge in [-0.2, -0.15) is 5.26 Å². The van der Waals surface area contributed by atoms with Gasteiger partial charge in [0.15, 0.2) is 16.6 Å². The standard InChI is InChI=1S/2C28H35N3O5Si.2CH4/c1-16(15-35-37(7,8)26(2,3)4)28-14-20(32)27(5,36-28)21-22(28)25(34)31(24(21)33)19-12-11-18(29-6)23-17(19)10-9-13-30-23;1-16(15-35-37(6,7)26(2,3)4)28-13-20(32)27(5,36-28)21-22(28)25(34)31(24(21)33)19-11-10-17(14-29)23-18(19)9-8-12-30-23;;/h9-13,16,20-22,32H,14-15H2,1-5,7-8H3;8-12,16,20-22,32H,13,15H2,1-7H3;2*1H4/t2*16?,20-,21-,22+,27?,28?;;/m10../s1. The predicted molar refractivity (Wildman–Crippen MR) is 297 cm³/mol. The summed E-state index contributed by atoms with van der Waals surface area (Å²) in [6.45, 7) is 37.5. The molecule has 6 unspecified atom stereocenters. The minimum Gasteiger partial charge on any atom is -0.416 e. The number of nitrogens with zero attached hydrogens (tertiary/aromatic N) is 6. The zero-order valence-corrected chi connectivity index (χ0v) is 47.1. The zero-order valence-electron chi connectivity index (χ0n) is 45.1. The lowest BCUT2D eigenvalue weighted by atomic mass is 9.63. The van der Waals surface area contributed by atoms with Gasteiger partial charge in [0.2, 0.25) is 29.3 Å². The number of nitriles is 1. The lowest BCUT2D eigenvalue weighted by Gasteiger charge is -2.41. The Labute approximate surface area is 450 Å². The molecule has 4 aromatic rings. The quantitative estimate of drug-likeness (QED) is 0.0863. The summed E-state index contributed by atoms with van der Waals surface area (Å²) < 4.78 is 26.1. The molecule has 16 nitrogen and oxygen atoms in total. The van der Waals surface area contributed by atoms with Crippen molar-refractivity contribution in [2.45, 2.75) is 168 Å². The van der Waals surface area contributed by atoms with Crippen LogP contribution in [0.4, 0.5) is 17.1 Å². The summed E-state index contributed by atoms with van der Waals surface area (Å²) in [5.74, 6) is -4.91. The number of pyridine rings is 2. The van der Waals surface area contributed by atoms with Crippen molar-refractivity contribution in [3.05, 3.63) is 77.9 Å². The molecule has 4 amide bonds. The number of aromatic nitrogens is 2. The van der Waals surface area contributed by atoms with Crippen LogP contribution in [-0.4, -0.2) is 108 Å². The van der Waals surface area contributed by atoms with E-state index in [4.69, 9.17) is 24.9 Å². The van der Waals surface area contributed by atoms with E-state index in [2.05, 4.69) is 88.6 Å².